The molecule has 11 rings (SSSR count). The zero-order valence-electron chi connectivity index (χ0n) is 27.3. The van der Waals surface area contributed by atoms with E-state index in [1.54, 1.807) is 12.7 Å². The maximum absolute atomic E-state index is 4.85. The Morgan fingerprint density at radius 1 is 0.333 bits per heavy atom. The van der Waals surface area contributed by atoms with E-state index in [4.69, 9.17) is 9.97 Å². The molecule has 4 heterocycles. The van der Waals surface area contributed by atoms with Gasteiger partial charge in [-0.2, -0.15) is 0 Å². The van der Waals surface area contributed by atoms with Crippen LogP contribution < -0.4 is 0 Å². The maximum atomic E-state index is 4.85. The lowest BCUT2D eigenvalue weighted by molar-refractivity contribution is 1.03. The first-order valence-electron chi connectivity index (χ1n) is 17.1. The second-order valence-electron chi connectivity index (χ2n) is 12.9. The van der Waals surface area contributed by atoms with E-state index in [2.05, 4.69) is 176 Å². The standard InChI is InChI=1S/C45H28N6/c1-7-19-36-30(13-1)31-14-2-8-20-37(31)49(36)29-25-42(50-38-21-9-3-15-32(38)33-16-4-10-22-39(33)50)44(45-47-27-46-28-48-45)43(26-29)51-40-23-11-5-17-34(40)35-18-6-12-24-41(35)51/h1-28H. The van der Waals surface area contributed by atoms with Crippen molar-refractivity contribution in [3.8, 4) is 28.5 Å². The van der Waals surface area contributed by atoms with Crippen molar-refractivity contribution in [1.82, 2.24) is 28.7 Å². The van der Waals surface area contributed by atoms with E-state index < -0.39 is 0 Å². The molecule has 0 fully saturated rings. The van der Waals surface area contributed by atoms with Gasteiger partial charge in [0.1, 0.15) is 12.7 Å². The summed E-state index contributed by atoms with van der Waals surface area (Å²) in [7, 11) is 0. The Morgan fingerprint density at radius 2 is 0.627 bits per heavy atom. The first kappa shape index (κ1) is 27.9. The highest BCUT2D eigenvalue weighted by Crippen LogP contribution is 2.43. The average molecular weight is 653 g/mol. The van der Waals surface area contributed by atoms with Gasteiger partial charge < -0.3 is 13.7 Å². The van der Waals surface area contributed by atoms with Crippen LogP contribution in [-0.2, 0) is 0 Å². The molecule has 7 aromatic carbocycles. The third-order valence-electron chi connectivity index (χ3n) is 10.3. The van der Waals surface area contributed by atoms with Gasteiger partial charge in [0.2, 0.25) is 0 Å². The van der Waals surface area contributed by atoms with Gasteiger partial charge in [-0.15, -0.1) is 0 Å². The molecule has 0 radical (unpaired) electrons. The molecule has 6 nitrogen and oxygen atoms in total. The highest BCUT2D eigenvalue weighted by atomic mass is 15.1. The molecule has 0 saturated carbocycles. The van der Waals surface area contributed by atoms with Crippen LogP contribution in [-0.4, -0.2) is 28.7 Å². The van der Waals surface area contributed by atoms with Crippen molar-refractivity contribution in [3.63, 3.8) is 0 Å². The summed E-state index contributed by atoms with van der Waals surface area (Å²) in [5.41, 5.74) is 10.7. The Labute approximate surface area is 292 Å². The number of rotatable bonds is 4. The minimum Gasteiger partial charge on any atom is -0.309 e. The molecule has 0 aliphatic carbocycles. The van der Waals surface area contributed by atoms with E-state index in [9.17, 15) is 0 Å². The molecule has 0 saturated heterocycles. The van der Waals surface area contributed by atoms with Crippen molar-refractivity contribution in [3.05, 3.63) is 170 Å². The average Bonchev–Trinajstić information content (AvgIpc) is 3.84. The highest BCUT2D eigenvalue weighted by molar-refractivity contribution is 6.13. The van der Waals surface area contributed by atoms with Crippen molar-refractivity contribution in [2.45, 2.75) is 0 Å². The monoisotopic (exact) mass is 652 g/mol. The topological polar surface area (TPSA) is 53.5 Å². The van der Waals surface area contributed by atoms with E-state index >= 15 is 0 Å². The Hall–Kier alpha value is -7.05. The van der Waals surface area contributed by atoms with Crippen molar-refractivity contribution in [2.75, 3.05) is 0 Å². The van der Waals surface area contributed by atoms with Crippen LogP contribution in [0.25, 0.3) is 93.9 Å². The normalized spacial score (nSPS) is 11.9. The van der Waals surface area contributed by atoms with Crippen molar-refractivity contribution >= 4 is 65.4 Å². The van der Waals surface area contributed by atoms with Gasteiger partial charge in [-0.05, 0) is 48.5 Å². The van der Waals surface area contributed by atoms with Gasteiger partial charge in [0.25, 0.3) is 0 Å². The molecule has 51 heavy (non-hydrogen) atoms. The Kier molecular flexibility index (Phi) is 5.86. The number of hydrogen-bond acceptors (Lipinski definition) is 3. The molecular weight excluding hydrogens is 625 g/mol. The summed E-state index contributed by atoms with van der Waals surface area (Å²) in [5, 5.41) is 7.19. The van der Waals surface area contributed by atoms with Crippen LogP contribution in [0, 0.1) is 0 Å². The first-order valence-corrected chi connectivity index (χ1v) is 17.1. The Bertz CT molecular complexity index is 2850. The number of aromatic nitrogens is 6. The molecule has 0 atom stereocenters. The predicted octanol–water partition coefficient (Wildman–Crippen LogP) is 10.8. The molecular formula is C45H28N6. The summed E-state index contributed by atoms with van der Waals surface area (Å²) < 4.78 is 7.17. The van der Waals surface area contributed by atoms with Crippen LogP contribution >= 0.6 is 0 Å². The summed E-state index contributed by atoms with van der Waals surface area (Å²) in [4.78, 5) is 13.9. The minimum absolute atomic E-state index is 0.604. The summed E-state index contributed by atoms with van der Waals surface area (Å²) in [6, 6.07) is 56.6. The molecule has 0 bridgehead atoms. The zero-order chi connectivity index (χ0) is 33.5. The molecule has 0 aliphatic rings. The van der Waals surface area contributed by atoms with Gasteiger partial charge >= 0.3 is 0 Å². The molecule has 6 heteroatoms. The van der Waals surface area contributed by atoms with Crippen molar-refractivity contribution in [1.29, 1.82) is 0 Å². The van der Waals surface area contributed by atoms with Gasteiger partial charge in [0.05, 0.1) is 55.7 Å². The second-order valence-corrected chi connectivity index (χ2v) is 12.9. The Morgan fingerprint density at radius 3 is 0.961 bits per heavy atom. The van der Waals surface area contributed by atoms with Gasteiger partial charge in [-0.1, -0.05) is 109 Å². The lowest BCUT2D eigenvalue weighted by Gasteiger charge is -2.21. The molecule has 11 aromatic rings. The first-order chi connectivity index (χ1) is 25.3. The van der Waals surface area contributed by atoms with E-state index in [1.165, 1.54) is 32.3 Å². The van der Waals surface area contributed by atoms with E-state index in [1.807, 2.05) is 0 Å². The molecule has 0 N–H and O–H groups in total. The predicted molar refractivity (Wildman–Crippen MR) is 208 cm³/mol. The van der Waals surface area contributed by atoms with Gasteiger partial charge in [0, 0.05) is 32.3 Å². The van der Waals surface area contributed by atoms with Gasteiger partial charge in [-0.3, -0.25) is 0 Å². The Balaban J connectivity index is 1.40. The fourth-order valence-corrected chi connectivity index (χ4v) is 8.24. The minimum atomic E-state index is 0.604. The number of fused-ring (bicyclic) bond motifs is 9. The van der Waals surface area contributed by atoms with Crippen LogP contribution in [0.1, 0.15) is 0 Å². The van der Waals surface area contributed by atoms with Crippen LogP contribution in [0.15, 0.2) is 170 Å². The molecule has 0 spiro atoms. The number of para-hydroxylation sites is 6. The summed E-state index contributed by atoms with van der Waals surface area (Å²) in [5.74, 6) is 0.604. The van der Waals surface area contributed by atoms with Crippen LogP contribution in [0.4, 0.5) is 0 Å². The number of nitrogens with zero attached hydrogens (tertiary/aromatic N) is 6. The van der Waals surface area contributed by atoms with Gasteiger partial charge in [-0.25, -0.2) is 15.0 Å². The molecule has 0 unspecified atom stereocenters. The van der Waals surface area contributed by atoms with Crippen LogP contribution in [0.2, 0.25) is 0 Å². The summed E-state index contributed by atoms with van der Waals surface area (Å²) >= 11 is 0. The molecule has 0 aliphatic heterocycles. The van der Waals surface area contributed by atoms with E-state index in [-0.39, 0.29) is 0 Å². The van der Waals surface area contributed by atoms with Crippen molar-refractivity contribution < 1.29 is 0 Å². The fourth-order valence-electron chi connectivity index (χ4n) is 8.24. The molecule has 0 amide bonds. The highest BCUT2D eigenvalue weighted by Gasteiger charge is 2.25. The maximum Gasteiger partial charge on any atom is 0.166 e. The molecule has 4 aromatic heterocycles. The van der Waals surface area contributed by atoms with Crippen LogP contribution in [0.5, 0.6) is 0 Å². The van der Waals surface area contributed by atoms with E-state index in [0.717, 1.165) is 55.7 Å². The second kappa shape index (κ2) is 10.7. The third-order valence-corrected chi connectivity index (χ3v) is 10.3. The zero-order valence-corrected chi connectivity index (χ0v) is 27.3. The van der Waals surface area contributed by atoms with Crippen LogP contribution in [0.3, 0.4) is 0 Å². The fraction of sp³-hybridized carbons (Fsp3) is 0. The number of hydrogen-bond donors (Lipinski definition) is 0. The smallest absolute Gasteiger partial charge is 0.166 e. The van der Waals surface area contributed by atoms with Gasteiger partial charge in [0.15, 0.2) is 5.82 Å². The van der Waals surface area contributed by atoms with E-state index in [0.29, 0.717) is 5.82 Å². The van der Waals surface area contributed by atoms with Crippen molar-refractivity contribution in [2.24, 2.45) is 0 Å². The quantitative estimate of drug-likeness (QED) is 0.190. The third kappa shape index (κ3) is 3.95. The number of benzene rings is 7. The summed E-state index contributed by atoms with van der Waals surface area (Å²) in [6.45, 7) is 0. The lowest BCUT2D eigenvalue weighted by Crippen LogP contribution is -2.08. The molecule has 238 valence electrons. The summed E-state index contributed by atoms with van der Waals surface area (Å²) in [6.07, 6.45) is 3.18. The SMILES string of the molecule is c1ccc2c(c1)c1ccccc1n2-c1cc(-n2c3ccccc3c3ccccc32)c(-c2ncncn2)c(-n2c3ccccc3c3ccccc32)c1. The lowest BCUT2D eigenvalue weighted by atomic mass is 10.1. The largest absolute Gasteiger partial charge is 0.309 e.